The smallest absolute Gasteiger partial charge is 0.259 e. The number of fused-ring (bicyclic) bond motifs is 2. The summed E-state index contributed by atoms with van der Waals surface area (Å²) in [6.45, 7) is 4.10. The lowest BCUT2D eigenvalue weighted by Gasteiger charge is -2.11. The van der Waals surface area contributed by atoms with Crippen LogP contribution in [-0.4, -0.2) is 18.0 Å². The Bertz CT molecular complexity index is 1460. The number of carbonyl (C=O) groups is 1. The maximum Gasteiger partial charge on any atom is 0.259 e. The van der Waals surface area contributed by atoms with Gasteiger partial charge in [-0.25, -0.2) is 4.98 Å². The molecule has 5 rings (SSSR count). The molecular formula is C27H22N2O3. The number of aryl methyl sites for hydroxylation is 2. The van der Waals surface area contributed by atoms with Crippen LogP contribution in [-0.2, 0) is 0 Å². The van der Waals surface area contributed by atoms with Gasteiger partial charge in [-0.15, -0.1) is 0 Å². The molecule has 0 saturated heterocycles. The van der Waals surface area contributed by atoms with Crippen LogP contribution < -0.4 is 10.1 Å². The number of hydrogen-bond donors (Lipinski definition) is 1. The van der Waals surface area contributed by atoms with E-state index in [1.807, 2.05) is 80.6 Å². The number of rotatable bonds is 4. The number of nitrogens with one attached hydrogen (secondary N) is 1. The quantitative estimate of drug-likeness (QED) is 0.358. The van der Waals surface area contributed by atoms with Gasteiger partial charge in [0.05, 0.1) is 12.7 Å². The highest BCUT2D eigenvalue weighted by Crippen LogP contribution is 2.29. The first-order chi connectivity index (χ1) is 15.5. The second kappa shape index (κ2) is 7.85. The summed E-state index contributed by atoms with van der Waals surface area (Å²) in [4.78, 5) is 17.7. The van der Waals surface area contributed by atoms with Crippen LogP contribution in [0.25, 0.3) is 33.3 Å². The Morgan fingerprint density at radius 1 is 0.906 bits per heavy atom. The summed E-state index contributed by atoms with van der Waals surface area (Å²) in [5.41, 5.74) is 5.70. The zero-order valence-electron chi connectivity index (χ0n) is 18.1. The molecule has 5 aromatic rings. The zero-order valence-corrected chi connectivity index (χ0v) is 18.1. The summed E-state index contributed by atoms with van der Waals surface area (Å²) in [6.07, 6.45) is 0. The monoisotopic (exact) mass is 422 g/mol. The first kappa shape index (κ1) is 19.8. The molecule has 0 radical (unpaired) electrons. The summed E-state index contributed by atoms with van der Waals surface area (Å²) in [5, 5.41) is 4.95. The number of carbonyl (C=O) groups excluding carboxylic acids is 1. The molecule has 4 aromatic carbocycles. The van der Waals surface area contributed by atoms with Crippen molar-refractivity contribution >= 4 is 33.5 Å². The second-order valence-corrected chi connectivity index (χ2v) is 7.93. The molecule has 0 aliphatic carbocycles. The molecule has 1 heterocycles. The molecule has 0 unspecified atom stereocenters. The van der Waals surface area contributed by atoms with Crippen molar-refractivity contribution in [3.8, 4) is 17.2 Å². The van der Waals surface area contributed by atoms with Gasteiger partial charge in [0.25, 0.3) is 5.91 Å². The van der Waals surface area contributed by atoms with Crippen molar-refractivity contribution in [2.75, 3.05) is 12.4 Å². The lowest BCUT2D eigenvalue weighted by atomic mass is 10.1. The van der Waals surface area contributed by atoms with Crippen LogP contribution in [0.3, 0.4) is 0 Å². The van der Waals surface area contributed by atoms with Crippen LogP contribution in [0.15, 0.2) is 77.2 Å². The van der Waals surface area contributed by atoms with Crippen LogP contribution in [0, 0.1) is 13.8 Å². The van der Waals surface area contributed by atoms with Gasteiger partial charge in [-0.1, -0.05) is 41.5 Å². The first-order valence-corrected chi connectivity index (χ1v) is 10.4. The Morgan fingerprint density at radius 2 is 1.62 bits per heavy atom. The van der Waals surface area contributed by atoms with Gasteiger partial charge in [0.15, 0.2) is 5.58 Å². The van der Waals surface area contributed by atoms with Crippen molar-refractivity contribution in [3.05, 3.63) is 89.5 Å². The molecule has 0 bridgehead atoms. The van der Waals surface area contributed by atoms with Gasteiger partial charge in [0.1, 0.15) is 11.3 Å². The molecule has 1 amide bonds. The van der Waals surface area contributed by atoms with Gasteiger partial charge in [0.2, 0.25) is 5.89 Å². The van der Waals surface area contributed by atoms with Crippen LogP contribution in [0.2, 0.25) is 0 Å². The van der Waals surface area contributed by atoms with Crippen molar-refractivity contribution in [3.63, 3.8) is 0 Å². The van der Waals surface area contributed by atoms with Crippen LogP contribution >= 0.6 is 0 Å². The Morgan fingerprint density at radius 3 is 2.34 bits per heavy atom. The van der Waals surface area contributed by atoms with Gasteiger partial charge in [-0.2, -0.15) is 0 Å². The zero-order chi connectivity index (χ0) is 22.2. The lowest BCUT2D eigenvalue weighted by Crippen LogP contribution is -2.13. The number of benzene rings is 4. The number of hydrogen-bond acceptors (Lipinski definition) is 4. The van der Waals surface area contributed by atoms with E-state index in [-0.39, 0.29) is 5.91 Å². The second-order valence-electron chi connectivity index (χ2n) is 7.93. The van der Waals surface area contributed by atoms with E-state index in [2.05, 4.69) is 16.4 Å². The third-order valence-electron chi connectivity index (χ3n) is 5.43. The van der Waals surface area contributed by atoms with E-state index in [1.165, 1.54) is 0 Å². The van der Waals surface area contributed by atoms with Crippen molar-refractivity contribution in [2.24, 2.45) is 0 Å². The average Bonchev–Trinajstić information content (AvgIpc) is 3.21. The normalized spacial score (nSPS) is 11.1. The third kappa shape index (κ3) is 3.69. The fraction of sp³-hybridized carbons (Fsp3) is 0.111. The summed E-state index contributed by atoms with van der Waals surface area (Å²) in [5.74, 6) is 0.845. The fourth-order valence-electron chi connectivity index (χ4n) is 3.99. The maximum absolute atomic E-state index is 13.0. The molecule has 1 N–H and O–H groups in total. The topological polar surface area (TPSA) is 64.4 Å². The highest BCUT2D eigenvalue weighted by Gasteiger charge is 2.15. The predicted octanol–water partition coefficient (Wildman–Crippen LogP) is 6.53. The summed E-state index contributed by atoms with van der Waals surface area (Å²) < 4.78 is 11.4. The molecule has 1 aromatic heterocycles. The van der Waals surface area contributed by atoms with Gasteiger partial charge >= 0.3 is 0 Å². The SMILES string of the molecule is COc1cc2ccccc2cc1C(=O)Nc1ccc2oc(-c3cc(C)cc(C)c3)nc2c1. The highest BCUT2D eigenvalue weighted by molar-refractivity contribution is 6.09. The Balaban J connectivity index is 1.46. The lowest BCUT2D eigenvalue weighted by molar-refractivity contribution is 0.102. The number of aromatic nitrogens is 1. The molecule has 5 nitrogen and oxygen atoms in total. The van der Waals surface area contributed by atoms with Gasteiger partial charge in [-0.05, 0) is 67.1 Å². The van der Waals surface area contributed by atoms with E-state index in [0.717, 1.165) is 27.5 Å². The standard InChI is InChI=1S/C27H22N2O3/c1-16-10-17(2)12-20(11-16)27-29-23-15-21(8-9-24(23)32-27)28-26(30)22-13-18-6-4-5-7-19(18)14-25(22)31-3/h4-15H,1-3H3,(H,28,30). The number of nitrogens with zero attached hydrogens (tertiary/aromatic N) is 1. The van der Waals surface area contributed by atoms with Crippen molar-refractivity contribution in [2.45, 2.75) is 13.8 Å². The summed E-state index contributed by atoms with van der Waals surface area (Å²) >= 11 is 0. The summed E-state index contributed by atoms with van der Waals surface area (Å²) in [7, 11) is 1.57. The molecule has 0 aliphatic heterocycles. The number of ether oxygens (including phenoxy) is 1. The maximum atomic E-state index is 13.0. The Labute approximate surface area is 185 Å². The van der Waals surface area contributed by atoms with E-state index in [0.29, 0.717) is 34.0 Å². The van der Waals surface area contributed by atoms with Gasteiger partial charge in [0, 0.05) is 11.3 Å². The van der Waals surface area contributed by atoms with E-state index < -0.39 is 0 Å². The number of anilines is 1. The minimum atomic E-state index is -0.245. The molecule has 0 spiro atoms. The number of amides is 1. The Hall–Kier alpha value is -4.12. The average molecular weight is 422 g/mol. The Kier molecular flexibility index (Phi) is 4.86. The van der Waals surface area contributed by atoms with Gasteiger partial charge < -0.3 is 14.5 Å². The first-order valence-electron chi connectivity index (χ1n) is 10.4. The van der Waals surface area contributed by atoms with E-state index >= 15 is 0 Å². The summed E-state index contributed by atoms with van der Waals surface area (Å²) in [6, 6.07) is 23.2. The van der Waals surface area contributed by atoms with E-state index in [9.17, 15) is 4.79 Å². The minimum absolute atomic E-state index is 0.245. The molecule has 32 heavy (non-hydrogen) atoms. The highest BCUT2D eigenvalue weighted by atomic mass is 16.5. The van der Waals surface area contributed by atoms with E-state index in [4.69, 9.17) is 9.15 Å². The van der Waals surface area contributed by atoms with Crippen molar-refractivity contribution in [1.82, 2.24) is 4.98 Å². The van der Waals surface area contributed by atoms with Crippen molar-refractivity contribution in [1.29, 1.82) is 0 Å². The van der Waals surface area contributed by atoms with E-state index in [1.54, 1.807) is 7.11 Å². The number of methoxy groups -OCH3 is 1. The molecule has 5 heteroatoms. The van der Waals surface area contributed by atoms with Crippen LogP contribution in [0.5, 0.6) is 5.75 Å². The molecule has 0 fully saturated rings. The molecule has 0 aliphatic rings. The molecule has 0 saturated carbocycles. The van der Waals surface area contributed by atoms with Crippen LogP contribution in [0.4, 0.5) is 5.69 Å². The van der Waals surface area contributed by atoms with Gasteiger partial charge in [-0.3, -0.25) is 4.79 Å². The number of oxazole rings is 1. The minimum Gasteiger partial charge on any atom is -0.496 e. The predicted molar refractivity (Wildman–Crippen MR) is 127 cm³/mol. The third-order valence-corrected chi connectivity index (χ3v) is 5.43. The molecular weight excluding hydrogens is 400 g/mol. The largest absolute Gasteiger partial charge is 0.496 e. The molecule has 158 valence electrons. The molecule has 0 atom stereocenters. The fourth-order valence-corrected chi connectivity index (χ4v) is 3.99. The van der Waals surface area contributed by atoms with Crippen molar-refractivity contribution < 1.29 is 13.9 Å². The van der Waals surface area contributed by atoms with Crippen LogP contribution in [0.1, 0.15) is 21.5 Å².